The van der Waals surface area contributed by atoms with Crippen LogP contribution in [0.25, 0.3) is 11.1 Å². The summed E-state index contributed by atoms with van der Waals surface area (Å²) < 4.78 is 7.10. The van der Waals surface area contributed by atoms with Gasteiger partial charge in [0.05, 0.1) is 11.8 Å². The number of carbonyl (C=O) groups excluding carboxylic acids is 1. The number of nitrogens with one attached hydrogen (secondary N) is 1. The lowest BCUT2D eigenvalue weighted by Crippen LogP contribution is -2.33. The molecule has 1 atom stereocenters. The quantitative estimate of drug-likeness (QED) is 0.862. The Labute approximate surface area is 94.2 Å². The van der Waals surface area contributed by atoms with Crippen LogP contribution in [0.1, 0.15) is 30.8 Å². The molecule has 1 N–H and O–H groups in total. The van der Waals surface area contributed by atoms with Gasteiger partial charge in [-0.15, -0.1) is 0 Å². The number of fused-ring (bicyclic) bond motifs is 1. The molecule has 0 spiro atoms. The summed E-state index contributed by atoms with van der Waals surface area (Å²) in [6.45, 7) is 4.03. The van der Waals surface area contributed by atoms with Gasteiger partial charge in [-0.05, 0) is 13.3 Å². The predicted molar refractivity (Wildman–Crippen MR) is 62.4 cm³/mol. The zero-order chi connectivity index (χ0) is 11.7. The summed E-state index contributed by atoms with van der Waals surface area (Å²) in [5.74, 6) is -0.0525. The van der Waals surface area contributed by atoms with E-state index in [2.05, 4.69) is 5.32 Å². The Morgan fingerprint density at radius 2 is 2.38 bits per heavy atom. The van der Waals surface area contributed by atoms with E-state index in [-0.39, 0.29) is 11.9 Å². The molecule has 4 nitrogen and oxygen atoms in total. The first-order valence-corrected chi connectivity index (χ1v) is 5.47. The van der Waals surface area contributed by atoms with Crippen LogP contribution in [0, 0.1) is 0 Å². The molecule has 0 radical (unpaired) electrons. The number of aromatic nitrogens is 1. The highest BCUT2D eigenvalue weighted by atomic mass is 16.3. The summed E-state index contributed by atoms with van der Waals surface area (Å²) in [7, 11) is 1.86. The number of hydrogen-bond donors (Lipinski definition) is 1. The molecular formula is C12H16N2O2. The Balaban J connectivity index is 2.29. The van der Waals surface area contributed by atoms with E-state index in [0.29, 0.717) is 5.69 Å². The number of aryl methyl sites for hydroxylation is 1. The molecule has 1 unspecified atom stereocenters. The van der Waals surface area contributed by atoms with Crippen molar-refractivity contribution in [2.24, 2.45) is 7.05 Å². The summed E-state index contributed by atoms with van der Waals surface area (Å²) in [4.78, 5) is 11.9. The minimum absolute atomic E-state index is 0.0525. The van der Waals surface area contributed by atoms with Gasteiger partial charge in [-0.2, -0.15) is 0 Å². The van der Waals surface area contributed by atoms with Gasteiger partial charge in [-0.1, -0.05) is 6.92 Å². The van der Waals surface area contributed by atoms with E-state index in [9.17, 15) is 4.79 Å². The van der Waals surface area contributed by atoms with Gasteiger partial charge in [0.15, 0.2) is 5.58 Å². The molecule has 2 rings (SSSR count). The van der Waals surface area contributed by atoms with Gasteiger partial charge in [0.2, 0.25) is 0 Å². The summed E-state index contributed by atoms with van der Waals surface area (Å²) in [6, 6.07) is 3.82. The molecule has 2 aromatic rings. The largest absolute Gasteiger partial charge is 0.463 e. The van der Waals surface area contributed by atoms with Crippen LogP contribution in [0.4, 0.5) is 0 Å². The average molecular weight is 220 g/mol. The fourth-order valence-electron chi connectivity index (χ4n) is 1.67. The third kappa shape index (κ3) is 1.71. The Kier molecular flexibility index (Phi) is 2.73. The Hall–Kier alpha value is -1.71. The lowest BCUT2D eigenvalue weighted by molar-refractivity contribution is 0.0931. The van der Waals surface area contributed by atoms with Gasteiger partial charge in [0, 0.05) is 25.2 Å². The van der Waals surface area contributed by atoms with E-state index in [0.717, 1.165) is 17.5 Å². The van der Waals surface area contributed by atoms with Crippen LogP contribution in [-0.4, -0.2) is 16.5 Å². The summed E-state index contributed by atoms with van der Waals surface area (Å²) in [5, 5.41) is 2.94. The normalized spacial score (nSPS) is 12.9. The zero-order valence-corrected chi connectivity index (χ0v) is 9.78. The number of rotatable bonds is 3. The molecule has 0 saturated heterocycles. The average Bonchev–Trinajstić information content (AvgIpc) is 2.81. The van der Waals surface area contributed by atoms with Gasteiger partial charge >= 0.3 is 0 Å². The van der Waals surface area contributed by atoms with Crippen LogP contribution in [0.5, 0.6) is 0 Å². The first-order valence-electron chi connectivity index (χ1n) is 5.47. The van der Waals surface area contributed by atoms with Crippen LogP contribution in [0.2, 0.25) is 0 Å². The lowest BCUT2D eigenvalue weighted by atomic mass is 10.2. The standard InChI is InChI=1S/C12H16N2O2/c1-4-8(2)13-12(15)10-7-11-9(14(10)3)5-6-16-11/h5-8H,4H2,1-3H3,(H,13,15). The number of carbonyl (C=O) groups is 1. The highest BCUT2D eigenvalue weighted by Crippen LogP contribution is 2.19. The van der Waals surface area contributed by atoms with Crippen LogP contribution in [0.15, 0.2) is 22.8 Å². The van der Waals surface area contributed by atoms with Crippen molar-refractivity contribution in [3.63, 3.8) is 0 Å². The zero-order valence-electron chi connectivity index (χ0n) is 9.78. The highest BCUT2D eigenvalue weighted by Gasteiger charge is 2.15. The molecule has 0 saturated carbocycles. The maximum atomic E-state index is 11.9. The summed E-state index contributed by atoms with van der Waals surface area (Å²) >= 11 is 0. The third-order valence-electron chi connectivity index (χ3n) is 2.89. The predicted octanol–water partition coefficient (Wildman–Crippen LogP) is 2.30. The molecule has 0 aliphatic heterocycles. The molecule has 0 aliphatic rings. The first kappa shape index (κ1) is 10.8. The maximum absolute atomic E-state index is 11.9. The fraction of sp³-hybridized carbons (Fsp3) is 0.417. The van der Waals surface area contributed by atoms with Crippen molar-refractivity contribution >= 4 is 17.0 Å². The smallest absolute Gasteiger partial charge is 0.268 e. The fourth-order valence-corrected chi connectivity index (χ4v) is 1.67. The molecule has 0 aliphatic carbocycles. The van der Waals surface area contributed by atoms with Crippen molar-refractivity contribution in [2.75, 3.05) is 0 Å². The Morgan fingerprint density at radius 1 is 1.62 bits per heavy atom. The molecule has 2 aromatic heterocycles. The molecule has 1 amide bonds. The second kappa shape index (κ2) is 4.04. The minimum Gasteiger partial charge on any atom is -0.463 e. The second-order valence-corrected chi connectivity index (χ2v) is 4.04. The molecular weight excluding hydrogens is 204 g/mol. The van der Waals surface area contributed by atoms with Crippen molar-refractivity contribution in [1.82, 2.24) is 9.88 Å². The van der Waals surface area contributed by atoms with Gasteiger partial charge in [0.25, 0.3) is 5.91 Å². The third-order valence-corrected chi connectivity index (χ3v) is 2.89. The Bertz CT molecular complexity index is 510. The van der Waals surface area contributed by atoms with E-state index in [1.165, 1.54) is 0 Å². The van der Waals surface area contributed by atoms with Gasteiger partial charge in [-0.25, -0.2) is 0 Å². The van der Waals surface area contributed by atoms with Crippen LogP contribution < -0.4 is 5.32 Å². The van der Waals surface area contributed by atoms with Crippen molar-refractivity contribution in [3.8, 4) is 0 Å². The van der Waals surface area contributed by atoms with Gasteiger partial charge in [-0.3, -0.25) is 4.79 Å². The number of nitrogens with zero attached hydrogens (tertiary/aromatic N) is 1. The minimum atomic E-state index is -0.0525. The highest BCUT2D eigenvalue weighted by molar-refractivity contribution is 5.97. The second-order valence-electron chi connectivity index (χ2n) is 4.04. The van der Waals surface area contributed by atoms with Crippen molar-refractivity contribution in [3.05, 3.63) is 24.1 Å². The van der Waals surface area contributed by atoms with Crippen molar-refractivity contribution in [1.29, 1.82) is 0 Å². The van der Waals surface area contributed by atoms with Crippen molar-refractivity contribution < 1.29 is 9.21 Å². The molecule has 0 fully saturated rings. The maximum Gasteiger partial charge on any atom is 0.268 e. The summed E-state index contributed by atoms with van der Waals surface area (Å²) in [6.07, 6.45) is 2.55. The number of hydrogen-bond acceptors (Lipinski definition) is 2. The molecule has 86 valence electrons. The van der Waals surface area contributed by atoms with Crippen LogP contribution in [0.3, 0.4) is 0 Å². The van der Waals surface area contributed by atoms with E-state index >= 15 is 0 Å². The summed E-state index contributed by atoms with van der Waals surface area (Å²) in [5.41, 5.74) is 2.32. The van der Waals surface area contributed by atoms with Gasteiger partial charge < -0.3 is 14.3 Å². The van der Waals surface area contributed by atoms with E-state index in [1.54, 1.807) is 12.3 Å². The molecule has 4 heteroatoms. The number of amides is 1. The first-order chi connectivity index (χ1) is 7.63. The van der Waals surface area contributed by atoms with Crippen LogP contribution in [-0.2, 0) is 7.05 Å². The molecule has 16 heavy (non-hydrogen) atoms. The molecule has 0 aromatic carbocycles. The van der Waals surface area contributed by atoms with Gasteiger partial charge in [0.1, 0.15) is 5.69 Å². The van der Waals surface area contributed by atoms with E-state index in [4.69, 9.17) is 4.42 Å². The van der Waals surface area contributed by atoms with Crippen LogP contribution >= 0.6 is 0 Å². The van der Waals surface area contributed by atoms with Crippen molar-refractivity contribution in [2.45, 2.75) is 26.3 Å². The SMILES string of the molecule is CCC(C)NC(=O)c1cc2occc2n1C. The lowest BCUT2D eigenvalue weighted by Gasteiger charge is -2.11. The Morgan fingerprint density at radius 3 is 3.00 bits per heavy atom. The molecule has 0 bridgehead atoms. The number of furan rings is 1. The van der Waals surface area contributed by atoms with E-state index < -0.39 is 0 Å². The molecule has 2 heterocycles. The topological polar surface area (TPSA) is 47.2 Å². The monoisotopic (exact) mass is 220 g/mol. The van der Waals surface area contributed by atoms with E-state index in [1.807, 2.05) is 31.5 Å².